The van der Waals surface area contributed by atoms with E-state index in [0.29, 0.717) is 24.2 Å². The van der Waals surface area contributed by atoms with Crippen LogP contribution in [0.1, 0.15) is 30.9 Å². The number of ether oxygens (including phenoxy) is 1. The van der Waals surface area contributed by atoms with Crippen LogP contribution in [-0.2, 0) is 19.4 Å². The van der Waals surface area contributed by atoms with E-state index >= 15 is 0 Å². The van der Waals surface area contributed by atoms with Crippen LogP contribution < -0.4 is 10.1 Å². The average molecular weight is 355 g/mol. The Bertz CT molecular complexity index is 721. The van der Waals surface area contributed by atoms with E-state index < -0.39 is 33.2 Å². The number of carboxylic acids is 1. The van der Waals surface area contributed by atoms with Crippen LogP contribution in [-0.4, -0.2) is 44.5 Å². The van der Waals surface area contributed by atoms with Gasteiger partial charge >= 0.3 is 5.97 Å². The molecule has 1 saturated carbocycles. The van der Waals surface area contributed by atoms with Gasteiger partial charge in [0.2, 0.25) is 5.91 Å². The van der Waals surface area contributed by atoms with E-state index in [0.717, 1.165) is 6.26 Å². The van der Waals surface area contributed by atoms with Gasteiger partial charge in [0.15, 0.2) is 6.04 Å². The molecule has 0 heterocycles. The zero-order chi connectivity index (χ0) is 18.0. The molecule has 0 spiro atoms. The highest BCUT2D eigenvalue weighted by Gasteiger charge is 2.47. The molecule has 1 atom stereocenters. The second kappa shape index (κ2) is 6.80. The van der Waals surface area contributed by atoms with Crippen LogP contribution in [0.3, 0.4) is 0 Å². The van der Waals surface area contributed by atoms with Gasteiger partial charge in [-0.15, -0.1) is 0 Å². The number of aliphatic carboxylic acids is 1. The van der Waals surface area contributed by atoms with Gasteiger partial charge in [-0.2, -0.15) is 0 Å². The summed E-state index contributed by atoms with van der Waals surface area (Å²) in [5, 5.41) is 11.8. The van der Waals surface area contributed by atoms with Crippen LogP contribution in [0.25, 0.3) is 0 Å². The maximum absolute atomic E-state index is 12.2. The van der Waals surface area contributed by atoms with E-state index in [-0.39, 0.29) is 12.2 Å². The van der Waals surface area contributed by atoms with Gasteiger partial charge in [0.1, 0.15) is 15.6 Å². The van der Waals surface area contributed by atoms with E-state index in [1.54, 1.807) is 24.3 Å². The number of hydrogen-bond acceptors (Lipinski definition) is 5. The highest BCUT2D eigenvalue weighted by molar-refractivity contribution is 7.90. The van der Waals surface area contributed by atoms with Gasteiger partial charge in [-0.1, -0.05) is 12.1 Å². The summed E-state index contributed by atoms with van der Waals surface area (Å²) in [7, 11) is -1.68. The normalized spacial score (nSPS) is 16.9. The van der Waals surface area contributed by atoms with Gasteiger partial charge in [-0.05, 0) is 36.0 Å². The molecule has 0 aliphatic heterocycles. The second-order valence-corrected chi connectivity index (χ2v) is 8.50. The largest absolute Gasteiger partial charge is 0.497 e. The summed E-state index contributed by atoms with van der Waals surface area (Å²) in [6, 6.07) is 5.19. The van der Waals surface area contributed by atoms with E-state index in [1.807, 2.05) is 0 Å². The van der Waals surface area contributed by atoms with Crippen molar-refractivity contribution in [2.75, 3.05) is 19.1 Å². The maximum atomic E-state index is 12.2. The molecule has 7 nitrogen and oxygen atoms in total. The lowest BCUT2D eigenvalue weighted by atomic mass is 10.0. The lowest BCUT2D eigenvalue weighted by molar-refractivity contribution is -0.142. The molecule has 132 valence electrons. The standard InChI is InChI=1S/C16H21NO6S/c1-23-12-5-3-11(4-6-12)14(15(19)20)17-13(18)9-16(7-8-16)10-24(2,21)22/h3-6,14H,7-10H2,1-2H3,(H,17,18)(H,19,20). The second-order valence-electron chi connectivity index (χ2n) is 6.36. The van der Waals surface area contributed by atoms with Crippen LogP contribution in [0.4, 0.5) is 0 Å². The zero-order valence-electron chi connectivity index (χ0n) is 13.6. The minimum Gasteiger partial charge on any atom is -0.497 e. The topological polar surface area (TPSA) is 110 Å². The third-order valence-corrected chi connectivity index (χ3v) is 5.20. The van der Waals surface area contributed by atoms with Gasteiger partial charge in [0.05, 0.1) is 12.9 Å². The highest BCUT2D eigenvalue weighted by atomic mass is 32.2. The van der Waals surface area contributed by atoms with E-state index in [1.165, 1.54) is 7.11 Å². The number of rotatable bonds is 8. The van der Waals surface area contributed by atoms with Gasteiger partial charge < -0.3 is 15.2 Å². The van der Waals surface area contributed by atoms with E-state index in [2.05, 4.69) is 5.32 Å². The number of hydrogen-bond donors (Lipinski definition) is 2. The first-order valence-electron chi connectivity index (χ1n) is 7.48. The number of methoxy groups -OCH3 is 1. The minimum absolute atomic E-state index is 0.0139. The smallest absolute Gasteiger partial charge is 0.330 e. The van der Waals surface area contributed by atoms with E-state index in [4.69, 9.17) is 4.74 Å². The first-order valence-corrected chi connectivity index (χ1v) is 9.54. The Hall–Kier alpha value is -2.09. The molecule has 24 heavy (non-hydrogen) atoms. The fraction of sp³-hybridized carbons (Fsp3) is 0.500. The summed E-state index contributed by atoms with van der Waals surface area (Å²) in [5.74, 6) is -1.10. The summed E-state index contributed by atoms with van der Waals surface area (Å²) in [4.78, 5) is 23.7. The Morgan fingerprint density at radius 1 is 1.29 bits per heavy atom. The minimum atomic E-state index is -3.18. The summed E-state index contributed by atoms with van der Waals surface area (Å²) < 4.78 is 27.9. The number of carboxylic acid groups (broad SMARTS) is 1. The third-order valence-electron chi connectivity index (χ3n) is 4.06. The molecule has 0 bridgehead atoms. The summed E-state index contributed by atoms with van der Waals surface area (Å²) >= 11 is 0. The summed E-state index contributed by atoms with van der Waals surface area (Å²) in [5.41, 5.74) is -0.120. The Balaban J connectivity index is 2.05. The molecule has 1 amide bonds. The molecule has 2 rings (SSSR count). The first-order chi connectivity index (χ1) is 11.1. The lowest BCUT2D eigenvalue weighted by Crippen LogP contribution is -2.35. The third kappa shape index (κ3) is 4.95. The number of nitrogens with one attached hydrogen (secondary N) is 1. The molecule has 8 heteroatoms. The van der Waals surface area contributed by atoms with Gasteiger partial charge in [0.25, 0.3) is 0 Å². The molecule has 1 fully saturated rings. The number of amides is 1. The van der Waals surface area contributed by atoms with Crippen LogP contribution in [0.15, 0.2) is 24.3 Å². The molecular weight excluding hydrogens is 334 g/mol. The van der Waals surface area contributed by atoms with Crippen LogP contribution in [0.5, 0.6) is 5.75 Å². The molecule has 0 radical (unpaired) electrons. The van der Waals surface area contributed by atoms with Crippen molar-refractivity contribution in [3.8, 4) is 5.75 Å². The molecule has 1 aromatic carbocycles. The van der Waals surface area contributed by atoms with Gasteiger partial charge in [-0.25, -0.2) is 13.2 Å². The zero-order valence-corrected chi connectivity index (χ0v) is 14.4. The SMILES string of the molecule is COc1ccc(C(NC(=O)CC2(CS(C)(=O)=O)CC2)C(=O)O)cc1. The molecular formula is C16H21NO6S. The lowest BCUT2D eigenvalue weighted by Gasteiger charge is -2.18. The first kappa shape index (κ1) is 18.3. The van der Waals surface area contributed by atoms with Crippen molar-refractivity contribution in [1.82, 2.24) is 5.32 Å². The summed E-state index contributed by atoms with van der Waals surface area (Å²) in [6.07, 6.45) is 2.48. The number of benzene rings is 1. The molecule has 1 unspecified atom stereocenters. The number of carbonyl (C=O) groups excluding carboxylic acids is 1. The van der Waals surface area contributed by atoms with E-state index in [9.17, 15) is 23.1 Å². The quantitative estimate of drug-likeness (QED) is 0.724. The van der Waals surface area contributed by atoms with Crippen molar-refractivity contribution in [2.45, 2.75) is 25.3 Å². The number of sulfone groups is 1. The number of carbonyl (C=O) groups is 2. The van der Waals surface area contributed by atoms with Crippen molar-refractivity contribution in [1.29, 1.82) is 0 Å². The monoisotopic (exact) mass is 355 g/mol. The molecule has 0 aromatic heterocycles. The molecule has 0 saturated heterocycles. The fourth-order valence-electron chi connectivity index (χ4n) is 2.74. The Labute approximate surface area is 140 Å². The molecule has 2 N–H and O–H groups in total. The summed E-state index contributed by atoms with van der Waals surface area (Å²) in [6.45, 7) is 0. The van der Waals surface area contributed by atoms with Crippen LogP contribution >= 0.6 is 0 Å². The molecule has 1 aliphatic carbocycles. The van der Waals surface area contributed by atoms with Crippen LogP contribution in [0.2, 0.25) is 0 Å². The van der Waals surface area contributed by atoms with Crippen molar-refractivity contribution in [2.24, 2.45) is 5.41 Å². The van der Waals surface area contributed by atoms with Crippen molar-refractivity contribution >= 4 is 21.7 Å². The highest BCUT2D eigenvalue weighted by Crippen LogP contribution is 2.49. The Morgan fingerprint density at radius 2 is 1.88 bits per heavy atom. The van der Waals surface area contributed by atoms with Crippen molar-refractivity contribution in [3.63, 3.8) is 0 Å². The van der Waals surface area contributed by atoms with Gasteiger partial charge in [-0.3, -0.25) is 4.79 Å². The fourth-order valence-corrected chi connectivity index (χ4v) is 4.24. The molecule has 1 aromatic rings. The average Bonchev–Trinajstić information content (AvgIpc) is 3.21. The Kier molecular flexibility index (Phi) is 5.17. The Morgan fingerprint density at radius 3 is 2.29 bits per heavy atom. The maximum Gasteiger partial charge on any atom is 0.330 e. The predicted octanol–water partition coefficient (Wildman–Crippen LogP) is 1.15. The van der Waals surface area contributed by atoms with Crippen molar-refractivity contribution < 1.29 is 27.9 Å². The predicted molar refractivity (Wildman–Crippen MR) is 87.5 cm³/mol. The van der Waals surface area contributed by atoms with Gasteiger partial charge in [0, 0.05) is 12.7 Å². The van der Waals surface area contributed by atoms with Crippen molar-refractivity contribution in [3.05, 3.63) is 29.8 Å². The molecule has 1 aliphatic rings. The van der Waals surface area contributed by atoms with Crippen LogP contribution in [0, 0.1) is 5.41 Å².